The highest BCUT2D eigenvalue weighted by molar-refractivity contribution is 7.59. The highest BCUT2D eigenvalue weighted by atomic mass is 32.1. The second kappa shape index (κ2) is 15.1. The van der Waals surface area contributed by atoms with E-state index in [-0.39, 0.29) is 69.7 Å². The maximum Gasteiger partial charge on any atom is 0.344 e. The Morgan fingerprint density at radius 2 is 1.69 bits per heavy atom. The Morgan fingerprint density at radius 3 is 2.26 bits per heavy atom. The molecule has 42 heavy (non-hydrogen) atoms. The van der Waals surface area contributed by atoms with Gasteiger partial charge in [-0.3, -0.25) is 14.4 Å². The van der Waals surface area contributed by atoms with E-state index in [9.17, 15) is 14.4 Å². The zero-order chi connectivity index (χ0) is 27.6. The minimum absolute atomic E-state index is 0. The van der Waals surface area contributed by atoms with Gasteiger partial charge in [0.05, 0.1) is 18.7 Å². The van der Waals surface area contributed by atoms with Crippen molar-refractivity contribution >= 4 is 31.3 Å². The van der Waals surface area contributed by atoms with E-state index < -0.39 is 0 Å². The van der Waals surface area contributed by atoms with Crippen LogP contribution in [0.15, 0.2) is 30.3 Å². The largest absolute Gasteiger partial charge is 0.465 e. The van der Waals surface area contributed by atoms with Crippen molar-refractivity contribution in [2.75, 3.05) is 19.7 Å². The van der Waals surface area contributed by atoms with E-state index in [4.69, 9.17) is 9.57 Å². The first-order chi connectivity index (χ1) is 18.8. The van der Waals surface area contributed by atoms with Gasteiger partial charge in [-0.2, -0.15) is 18.6 Å². The number of urea groups is 1. The van der Waals surface area contributed by atoms with E-state index in [0.29, 0.717) is 25.2 Å². The Bertz CT molecular complexity index is 1050. The number of carbonyl (C=O) groups is 3. The van der Waals surface area contributed by atoms with Crippen molar-refractivity contribution in [1.82, 2.24) is 15.3 Å². The average molecular weight is 606 g/mol. The molecule has 2 saturated carbocycles. The lowest BCUT2D eigenvalue weighted by atomic mass is 9.78. The maximum atomic E-state index is 12.6. The molecule has 2 amide bonds. The third-order valence-electron chi connectivity index (χ3n) is 9.84. The first-order valence-electron chi connectivity index (χ1n) is 15.0. The first kappa shape index (κ1) is 36.1. The molecule has 9 heteroatoms. The van der Waals surface area contributed by atoms with Crippen molar-refractivity contribution in [3.8, 4) is 0 Å². The smallest absolute Gasteiger partial charge is 0.344 e. The van der Waals surface area contributed by atoms with Gasteiger partial charge in [-0.15, -0.1) is 0 Å². The Balaban J connectivity index is 0.000000282. The van der Waals surface area contributed by atoms with Crippen molar-refractivity contribution in [1.29, 1.82) is 0 Å². The number of hydrogen-bond donors (Lipinski definition) is 1. The van der Waals surface area contributed by atoms with Gasteiger partial charge in [0.2, 0.25) is 0 Å². The number of hydroxylamine groups is 2. The molecule has 3 saturated heterocycles. The summed E-state index contributed by atoms with van der Waals surface area (Å²) >= 11 is 0. The number of nitrogens with zero attached hydrogens (tertiary/aromatic N) is 2. The number of amides is 2. The number of nitrogens with one attached hydrogen (secondary N) is 1. The number of Topliss-reactive ketones (excluding diaryl/α,β-unsaturated/α-hetero) is 1. The summed E-state index contributed by atoms with van der Waals surface area (Å²) < 4.78 is 5.31. The zero-order valence-electron chi connectivity index (χ0n) is 24.3. The summed E-state index contributed by atoms with van der Waals surface area (Å²) in [7, 11) is 0. The molecule has 3 heterocycles. The number of esters is 1. The third kappa shape index (κ3) is 7.51. The quantitative estimate of drug-likeness (QED) is 0.265. The molecule has 2 aliphatic carbocycles. The summed E-state index contributed by atoms with van der Waals surface area (Å²) in [5.41, 5.74) is 1.63. The molecule has 5 aliphatic rings. The number of rotatable bonds is 9. The lowest BCUT2D eigenvalue weighted by molar-refractivity contribution is -0.153. The first-order valence-corrected chi connectivity index (χ1v) is 15.0. The van der Waals surface area contributed by atoms with Gasteiger partial charge in [-0.1, -0.05) is 71.9 Å². The van der Waals surface area contributed by atoms with Crippen LogP contribution in [0.25, 0.3) is 0 Å². The van der Waals surface area contributed by atoms with Crippen LogP contribution in [0.2, 0.25) is 0 Å². The molecule has 5 fully saturated rings. The SMILES string of the molecule is C.C.CC(=O)[C@@H]1CC2(CC2)[C@@H]2CN1C(=O)N2OCc1ccccc1.CCCCOC(=O)[C@@H]1CC2(CC2)C(CC)CN1.S. The topological polar surface area (TPSA) is 88.2 Å². The molecule has 1 aromatic carbocycles. The maximum absolute atomic E-state index is 12.6. The second-order valence-corrected chi connectivity index (χ2v) is 12.4. The Kier molecular flexibility index (Phi) is 12.9. The number of ether oxygens (including phenoxy) is 1. The molecule has 0 radical (unpaired) electrons. The van der Waals surface area contributed by atoms with Gasteiger partial charge in [-0.25, -0.2) is 4.79 Å². The lowest BCUT2D eigenvalue weighted by Crippen LogP contribution is -2.49. The van der Waals surface area contributed by atoms with E-state index in [1.807, 2.05) is 30.3 Å². The van der Waals surface area contributed by atoms with Crippen LogP contribution in [0.1, 0.15) is 99.0 Å². The Morgan fingerprint density at radius 1 is 1.02 bits per heavy atom. The van der Waals surface area contributed by atoms with E-state index in [1.165, 1.54) is 19.3 Å². The molecule has 6 rings (SSSR count). The predicted octanol–water partition coefficient (Wildman–Crippen LogP) is 6.25. The molecule has 3 aliphatic heterocycles. The van der Waals surface area contributed by atoms with Gasteiger partial charge in [0.1, 0.15) is 12.6 Å². The summed E-state index contributed by atoms with van der Waals surface area (Å²) in [5, 5.41) is 4.91. The van der Waals surface area contributed by atoms with Crippen LogP contribution >= 0.6 is 13.5 Å². The van der Waals surface area contributed by atoms with Gasteiger partial charge in [0, 0.05) is 6.54 Å². The van der Waals surface area contributed by atoms with Gasteiger partial charge in [0.25, 0.3) is 0 Å². The van der Waals surface area contributed by atoms with E-state index in [1.54, 1.807) is 16.9 Å². The normalized spacial score (nSPS) is 27.1. The van der Waals surface area contributed by atoms with Crippen LogP contribution in [0.5, 0.6) is 0 Å². The summed E-state index contributed by atoms with van der Waals surface area (Å²) in [6.07, 6.45) is 9.87. The Labute approximate surface area is 260 Å². The van der Waals surface area contributed by atoms with Gasteiger partial charge < -0.3 is 15.0 Å². The second-order valence-electron chi connectivity index (χ2n) is 12.4. The van der Waals surface area contributed by atoms with Crippen molar-refractivity contribution in [3.05, 3.63) is 35.9 Å². The molecule has 2 spiro atoms. The molecule has 238 valence electrons. The van der Waals surface area contributed by atoms with Crippen molar-refractivity contribution in [3.63, 3.8) is 0 Å². The number of carbonyl (C=O) groups excluding carboxylic acids is 3. The summed E-state index contributed by atoms with van der Waals surface area (Å²) in [4.78, 5) is 43.9. The fraction of sp³-hybridized carbons (Fsp3) is 0.727. The van der Waals surface area contributed by atoms with Crippen LogP contribution in [0, 0.1) is 16.7 Å². The van der Waals surface area contributed by atoms with Crippen LogP contribution < -0.4 is 5.32 Å². The predicted molar refractivity (Wildman–Crippen MR) is 171 cm³/mol. The molecule has 1 aromatic rings. The third-order valence-corrected chi connectivity index (χ3v) is 9.84. The van der Waals surface area contributed by atoms with E-state index >= 15 is 0 Å². The highest BCUT2D eigenvalue weighted by Crippen LogP contribution is 2.59. The molecule has 1 unspecified atom stereocenters. The lowest BCUT2D eigenvalue weighted by Gasteiger charge is -2.36. The van der Waals surface area contributed by atoms with Gasteiger partial charge in [0.15, 0.2) is 5.78 Å². The fourth-order valence-electron chi connectivity index (χ4n) is 6.94. The molecule has 2 bridgehead atoms. The monoisotopic (exact) mass is 605 g/mol. The Hall–Kier alpha value is -2.10. The highest BCUT2D eigenvalue weighted by Gasteiger charge is 2.63. The number of piperidine rings is 2. The summed E-state index contributed by atoms with van der Waals surface area (Å²) in [5.74, 6) is 0.824. The average Bonchev–Trinajstić information content (AvgIpc) is 3.87. The van der Waals surface area contributed by atoms with E-state index in [0.717, 1.165) is 56.6 Å². The molecule has 0 aromatic heterocycles. The van der Waals surface area contributed by atoms with Crippen LogP contribution in [0.4, 0.5) is 4.79 Å². The minimum atomic E-state index is -0.267. The molecule has 4 atom stereocenters. The zero-order valence-corrected chi connectivity index (χ0v) is 25.3. The summed E-state index contributed by atoms with van der Waals surface area (Å²) in [6, 6.07) is 9.48. The minimum Gasteiger partial charge on any atom is -0.465 e. The molecule has 1 N–H and O–H groups in total. The van der Waals surface area contributed by atoms with Crippen LogP contribution in [-0.2, 0) is 25.8 Å². The molecule has 8 nitrogen and oxygen atoms in total. The van der Waals surface area contributed by atoms with E-state index in [2.05, 4.69) is 19.2 Å². The van der Waals surface area contributed by atoms with Crippen molar-refractivity contribution < 1.29 is 24.0 Å². The molecular weight excluding hydrogens is 550 g/mol. The number of benzene rings is 1. The van der Waals surface area contributed by atoms with Crippen molar-refractivity contribution in [2.24, 2.45) is 16.7 Å². The fourth-order valence-corrected chi connectivity index (χ4v) is 6.94. The number of hydrogen-bond acceptors (Lipinski definition) is 6. The number of unbranched alkanes of at least 4 members (excludes halogenated alkanes) is 1. The van der Waals surface area contributed by atoms with Crippen molar-refractivity contribution in [2.45, 2.75) is 118 Å². The number of fused-ring (bicyclic) bond motifs is 3. The van der Waals surface area contributed by atoms with Crippen LogP contribution in [0.3, 0.4) is 0 Å². The molecular formula is C33H55N3O5S. The number of ketones is 1. The standard InChI is InChI=1S/C17H20N2O3.C14H25NO2.2CH4.H2S/c1-12(20)14-9-17(7-8-17)15-10-18(14)16(21)19(15)22-11-13-5-3-2-4-6-13;1-3-5-8-17-13(16)12-9-14(6-7-14)11(4-2)10-15-12;;;/h2-6,14-15H,7-11H2,1H3;11-12,15H,3-10H2,1-2H3;2*1H4;1H2/t14-,15-;11?,12-;;;/m00.../s1. The summed E-state index contributed by atoms with van der Waals surface area (Å²) in [6.45, 7) is 8.53. The van der Waals surface area contributed by atoms with Gasteiger partial charge >= 0.3 is 12.0 Å². The van der Waals surface area contributed by atoms with Crippen LogP contribution in [-0.4, -0.2) is 65.6 Å². The van der Waals surface area contributed by atoms with Gasteiger partial charge in [-0.05, 0) is 80.7 Å².